The molecule has 1 amide bonds. The molecule has 0 aliphatic carbocycles. The van der Waals surface area contributed by atoms with Gasteiger partial charge in [-0.15, -0.1) is 0 Å². The Morgan fingerprint density at radius 2 is 1.50 bits per heavy atom. The fourth-order valence-corrected chi connectivity index (χ4v) is 3.78. The van der Waals surface area contributed by atoms with Gasteiger partial charge in [0, 0.05) is 6.42 Å². The zero-order valence-corrected chi connectivity index (χ0v) is 17.0. The van der Waals surface area contributed by atoms with Crippen LogP contribution >= 0.6 is 0 Å². The normalized spacial score (nSPS) is 11.8. The van der Waals surface area contributed by atoms with Gasteiger partial charge in [0.1, 0.15) is 7.85 Å². The second kappa shape index (κ2) is 8.23. The molecule has 2 rings (SSSR count). The standard InChI is InChI=1S/C17H20BN3O5S2/c1-27(23,24)20-14-8-12(9-15(10-14)21-28(2,25)26)16-5-4-13(18)7-11(16)3-6-17(19)22/h4-5,7-10,20-21H,3,6H2,1-2H3,(H2,19,22). The summed E-state index contributed by atoms with van der Waals surface area (Å²) in [5, 5.41) is 0. The van der Waals surface area contributed by atoms with Crippen LogP contribution in [0.3, 0.4) is 0 Å². The molecule has 0 heterocycles. The summed E-state index contributed by atoms with van der Waals surface area (Å²) in [4.78, 5) is 11.2. The van der Waals surface area contributed by atoms with E-state index < -0.39 is 26.0 Å². The first-order chi connectivity index (χ1) is 12.8. The minimum absolute atomic E-state index is 0.103. The van der Waals surface area contributed by atoms with E-state index in [-0.39, 0.29) is 17.8 Å². The molecule has 2 radical (unpaired) electrons. The van der Waals surface area contributed by atoms with Crippen molar-refractivity contribution in [1.82, 2.24) is 0 Å². The van der Waals surface area contributed by atoms with Gasteiger partial charge < -0.3 is 5.73 Å². The third-order valence-corrected chi connectivity index (χ3v) is 4.83. The summed E-state index contributed by atoms with van der Waals surface area (Å²) >= 11 is 0. The smallest absolute Gasteiger partial charge is 0.229 e. The molecule has 2 aromatic rings. The molecule has 0 aliphatic rings. The molecule has 4 N–H and O–H groups in total. The average molecular weight is 421 g/mol. The summed E-state index contributed by atoms with van der Waals surface area (Å²) in [5.74, 6) is -0.472. The maximum atomic E-state index is 11.6. The highest BCUT2D eigenvalue weighted by Crippen LogP contribution is 2.31. The van der Waals surface area contributed by atoms with Gasteiger partial charge in [-0.1, -0.05) is 23.7 Å². The Bertz CT molecular complexity index is 1060. The fraction of sp³-hybridized carbons (Fsp3) is 0.235. The molecule has 0 unspecified atom stereocenters. The van der Waals surface area contributed by atoms with Gasteiger partial charge in [0.05, 0.1) is 23.9 Å². The topological polar surface area (TPSA) is 135 Å². The van der Waals surface area contributed by atoms with Gasteiger partial charge in [-0.05, 0) is 41.3 Å². The number of anilines is 2. The Labute approximate surface area is 166 Å². The van der Waals surface area contributed by atoms with Crippen LogP contribution in [0.25, 0.3) is 11.1 Å². The maximum Gasteiger partial charge on any atom is 0.229 e. The van der Waals surface area contributed by atoms with Crippen LogP contribution in [0, 0.1) is 0 Å². The molecule has 0 atom stereocenters. The fourth-order valence-electron chi connectivity index (χ4n) is 2.69. The minimum Gasteiger partial charge on any atom is -0.370 e. The molecule has 8 nitrogen and oxygen atoms in total. The Balaban J connectivity index is 2.61. The van der Waals surface area contributed by atoms with Crippen LogP contribution in [-0.4, -0.2) is 43.1 Å². The largest absolute Gasteiger partial charge is 0.370 e. The molecule has 0 spiro atoms. The molecule has 2 aromatic carbocycles. The lowest BCUT2D eigenvalue weighted by Crippen LogP contribution is -2.13. The van der Waals surface area contributed by atoms with Crippen LogP contribution in [0.2, 0.25) is 0 Å². The van der Waals surface area contributed by atoms with Crippen molar-refractivity contribution in [1.29, 1.82) is 0 Å². The lowest BCUT2D eigenvalue weighted by Gasteiger charge is -2.15. The highest BCUT2D eigenvalue weighted by Gasteiger charge is 2.13. The van der Waals surface area contributed by atoms with Gasteiger partial charge in [-0.25, -0.2) is 16.8 Å². The van der Waals surface area contributed by atoms with Crippen molar-refractivity contribution in [3.8, 4) is 11.1 Å². The van der Waals surface area contributed by atoms with E-state index in [4.69, 9.17) is 13.6 Å². The lowest BCUT2D eigenvalue weighted by molar-refractivity contribution is -0.117. The molecule has 0 aliphatic heterocycles. The van der Waals surface area contributed by atoms with E-state index in [0.29, 0.717) is 23.0 Å². The van der Waals surface area contributed by atoms with Crippen molar-refractivity contribution in [3.05, 3.63) is 42.0 Å². The van der Waals surface area contributed by atoms with Gasteiger partial charge in [0.15, 0.2) is 0 Å². The van der Waals surface area contributed by atoms with Gasteiger partial charge in [-0.3, -0.25) is 14.2 Å². The first-order valence-corrected chi connectivity index (χ1v) is 11.9. The second-order valence-corrected chi connectivity index (χ2v) is 9.93. The number of amides is 1. The number of sulfonamides is 2. The van der Waals surface area contributed by atoms with Crippen LogP contribution in [0.15, 0.2) is 36.4 Å². The predicted octanol–water partition coefficient (Wildman–Crippen LogP) is 0.308. The van der Waals surface area contributed by atoms with Crippen molar-refractivity contribution in [2.24, 2.45) is 5.73 Å². The maximum absolute atomic E-state index is 11.6. The van der Waals surface area contributed by atoms with E-state index in [1.165, 1.54) is 6.07 Å². The van der Waals surface area contributed by atoms with Crippen LogP contribution in [-0.2, 0) is 31.3 Å². The van der Waals surface area contributed by atoms with Gasteiger partial charge in [0.25, 0.3) is 0 Å². The minimum atomic E-state index is -3.58. The molecule has 0 aromatic heterocycles. The number of carbonyl (C=O) groups excluding carboxylic acids is 1. The zero-order valence-electron chi connectivity index (χ0n) is 15.4. The van der Waals surface area contributed by atoms with E-state index in [1.54, 1.807) is 30.3 Å². The molecule has 148 valence electrons. The van der Waals surface area contributed by atoms with Crippen molar-refractivity contribution >= 4 is 50.6 Å². The second-order valence-electron chi connectivity index (χ2n) is 6.43. The van der Waals surface area contributed by atoms with Crippen molar-refractivity contribution in [2.75, 3.05) is 22.0 Å². The van der Waals surface area contributed by atoms with Crippen LogP contribution in [0.5, 0.6) is 0 Å². The monoisotopic (exact) mass is 421 g/mol. The van der Waals surface area contributed by atoms with E-state index in [1.807, 2.05) is 0 Å². The summed E-state index contributed by atoms with van der Waals surface area (Å²) in [6.45, 7) is 0. The first-order valence-electron chi connectivity index (χ1n) is 8.10. The van der Waals surface area contributed by atoms with Crippen LogP contribution in [0.1, 0.15) is 12.0 Å². The summed E-state index contributed by atoms with van der Waals surface area (Å²) in [5.41, 5.74) is 8.02. The summed E-state index contributed by atoms with van der Waals surface area (Å²) in [6, 6.07) is 9.56. The van der Waals surface area contributed by atoms with E-state index >= 15 is 0 Å². The molecular formula is C17H20BN3O5S2. The Kier molecular flexibility index (Phi) is 6.40. The number of nitrogens with two attached hydrogens (primary N) is 1. The summed E-state index contributed by atoms with van der Waals surface area (Å²) in [7, 11) is -1.33. The van der Waals surface area contributed by atoms with Crippen LogP contribution in [0.4, 0.5) is 11.4 Å². The summed E-state index contributed by atoms with van der Waals surface area (Å²) in [6.07, 6.45) is 2.41. The summed E-state index contributed by atoms with van der Waals surface area (Å²) < 4.78 is 51.1. The molecule has 0 fully saturated rings. The van der Waals surface area contributed by atoms with E-state index in [2.05, 4.69) is 9.44 Å². The van der Waals surface area contributed by atoms with Gasteiger partial charge in [0.2, 0.25) is 26.0 Å². The van der Waals surface area contributed by atoms with E-state index in [9.17, 15) is 21.6 Å². The number of benzene rings is 2. The van der Waals surface area contributed by atoms with Crippen LogP contribution < -0.4 is 20.6 Å². The predicted molar refractivity (Wildman–Crippen MR) is 112 cm³/mol. The third-order valence-electron chi connectivity index (χ3n) is 3.62. The molecule has 0 saturated heterocycles. The third kappa shape index (κ3) is 6.89. The molecule has 0 saturated carbocycles. The number of nitrogens with one attached hydrogen (secondary N) is 2. The number of carbonyl (C=O) groups is 1. The molecule has 28 heavy (non-hydrogen) atoms. The Morgan fingerprint density at radius 3 is 1.96 bits per heavy atom. The van der Waals surface area contributed by atoms with Gasteiger partial charge >= 0.3 is 0 Å². The van der Waals surface area contributed by atoms with Crippen molar-refractivity contribution in [2.45, 2.75) is 12.8 Å². The number of hydrogen-bond donors (Lipinski definition) is 3. The number of hydrogen-bond acceptors (Lipinski definition) is 5. The van der Waals surface area contributed by atoms with Gasteiger partial charge in [-0.2, -0.15) is 0 Å². The highest BCUT2D eigenvalue weighted by atomic mass is 32.2. The Hall–Kier alpha value is -2.53. The quantitative estimate of drug-likeness (QED) is 0.527. The van der Waals surface area contributed by atoms with Crippen molar-refractivity contribution < 1.29 is 21.6 Å². The SMILES string of the molecule is [B]c1ccc(-c2cc(NS(C)(=O)=O)cc(NS(C)(=O)=O)c2)c(CCC(N)=O)c1. The molecular weight excluding hydrogens is 401 g/mol. The highest BCUT2D eigenvalue weighted by molar-refractivity contribution is 7.92. The molecule has 0 bridgehead atoms. The zero-order chi connectivity index (χ0) is 21.1. The molecule has 11 heteroatoms. The number of aryl methyl sites for hydroxylation is 1. The number of rotatable bonds is 8. The first kappa shape index (κ1) is 21.8. The lowest BCUT2D eigenvalue weighted by atomic mass is 9.88. The van der Waals surface area contributed by atoms with E-state index in [0.717, 1.165) is 18.1 Å². The van der Waals surface area contributed by atoms with Crippen molar-refractivity contribution in [3.63, 3.8) is 0 Å². The average Bonchev–Trinajstić information content (AvgIpc) is 2.49. The Morgan fingerprint density at radius 1 is 0.964 bits per heavy atom. The number of primary amides is 1.